The SMILES string of the molecule is NC(N)=NCCC[C@H]1NC(=O)[C@H](NC(=O)CCN=C(N)N)CSSC[C@H](C(=O)NCCc2ccc(O)cc2)NC(=O)[C@H](Cc2ccc3ccccc3c2)NC1=O. The highest BCUT2D eigenvalue weighted by Gasteiger charge is 2.32. The van der Waals surface area contributed by atoms with Gasteiger partial charge in [-0.3, -0.25) is 34.0 Å². The summed E-state index contributed by atoms with van der Waals surface area (Å²) in [5.74, 6) is -2.86. The van der Waals surface area contributed by atoms with E-state index in [2.05, 4.69) is 36.6 Å². The molecule has 4 atom stereocenters. The van der Waals surface area contributed by atoms with Gasteiger partial charge in [0.05, 0.1) is 6.54 Å². The summed E-state index contributed by atoms with van der Waals surface area (Å²) >= 11 is 0. The molecule has 1 saturated heterocycles. The Hall–Kier alpha value is -5.69. The Bertz CT molecular complexity index is 1890. The van der Waals surface area contributed by atoms with Crippen LogP contribution in [-0.2, 0) is 36.8 Å². The number of hydrogen-bond donors (Lipinski definition) is 10. The fourth-order valence-corrected chi connectivity index (χ4v) is 7.99. The van der Waals surface area contributed by atoms with Gasteiger partial charge in [0.25, 0.3) is 0 Å². The number of guanidine groups is 2. The molecule has 0 radical (unpaired) electrons. The van der Waals surface area contributed by atoms with Crippen molar-refractivity contribution in [2.24, 2.45) is 32.9 Å². The van der Waals surface area contributed by atoms with Crippen LogP contribution in [0, 0.1) is 0 Å². The van der Waals surface area contributed by atoms with Gasteiger partial charge in [-0.2, -0.15) is 0 Å². The van der Waals surface area contributed by atoms with E-state index in [4.69, 9.17) is 22.9 Å². The number of amides is 5. The van der Waals surface area contributed by atoms with E-state index >= 15 is 0 Å². The maximum absolute atomic E-state index is 14.1. The molecule has 0 unspecified atom stereocenters. The van der Waals surface area contributed by atoms with Crippen molar-refractivity contribution in [3.8, 4) is 5.75 Å². The van der Waals surface area contributed by atoms with E-state index in [1.54, 1.807) is 24.3 Å². The standard InChI is InChI=1S/C37H49N11O6S2/c38-36(39)43-15-3-6-27-33(52)47-28(19-23-7-10-24-4-1-2-5-25(24)18-23)34(53)48-29(32(51)42-16-13-22-8-11-26(49)12-9-22)20-55-56-21-30(35(54)46-27)45-31(50)14-17-44-37(40)41/h1-2,4-5,7-12,18,27-30,49H,3,6,13-17,19-21H2,(H,42,51)(H,45,50)(H,46,54)(H,47,52)(H,48,53)(H4,38,39,43)(H4,40,41,44)/t27-,28+,29-,30-/m1/s1. The summed E-state index contributed by atoms with van der Waals surface area (Å²) in [5, 5.41) is 25.5. The van der Waals surface area contributed by atoms with E-state index in [1.165, 1.54) is 21.6 Å². The topological polar surface area (TPSA) is 295 Å². The van der Waals surface area contributed by atoms with Gasteiger partial charge in [0.15, 0.2) is 11.9 Å². The molecule has 14 N–H and O–H groups in total. The summed E-state index contributed by atoms with van der Waals surface area (Å²) in [7, 11) is 2.44. The molecule has 0 bridgehead atoms. The number of hydrogen-bond acceptors (Lipinski definition) is 10. The Morgan fingerprint density at radius 2 is 1.41 bits per heavy atom. The molecule has 0 saturated carbocycles. The third kappa shape index (κ3) is 14.5. The molecule has 0 spiro atoms. The zero-order valence-electron chi connectivity index (χ0n) is 30.7. The lowest BCUT2D eigenvalue weighted by Crippen LogP contribution is -2.59. The van der Waals surface area contributed by atoms with Gasteiger partial charge in [0.1, 0.15) is 29.9 Å². The van der Waals surface area contributed by atoms with Crippen molar-refractivity contribution in [1.29, 1.82) is 0 Å². The minimum atomic E-state index is -1.15. The number of benzene rings is 3. The Balaban J connectivity index is 1.61. The van der Waals surface area contributed by atoms with Crippen LogP contribution in [0.15, 0.2) is 76.7 Å². The third-order valence-electron chi connectivity index (χ3n) is 8.58. The third-order valence-corrected chi connectivity index (χ3v) is 11.0. The van der Waals surface area contributed by atoms with Crippen LogP contribution in [0.25, 0.3) is 10.8 Å². The second kappa shape index (κ2) is 22.0. The monoisotopic (exact) mass is 807 g/mol. The molecule has 3 aromatic carbocycles. The summed E-state index contributed by atoms with van der Waals surface area (Å²) in [6.45, 7) is 0.423. The van der Waals surface area contributed by atoms with Crippen molar-refractivity contribution < 1.29 is 29.1 Å². The molecule has 1 aliphatic rings. The molecule has 1 heterocycles. The van der Waals surface area contributed by atoms with E-state index in [0.717, 1.165) is 21.9 Å². The van der Waals surface area contributed by atoms with Crippen LogP contribution in [0.1, 0.15) is 30.4 Å². The average molecular weight is 808 g/mol. The molecule has 3 aromatic rings. The van der Waals surface area contributed by atoms with Crippen LogP contribution >= 0.6 is 21.6 Å². The molecule has 1 aliphatic heterocycles. The number of carbonyl (C=O) groups excluding carboxylic acids is 5. The highest BCUT2D eigenvalue weighted by Crippen LogP contribution is 2.24. The molecule has 0 aliphatic carbocycles. The number of phenolic OH excluding ortho intramolecular Hbond substituents is 1. The number of phenols is 1. The highest BCUT2D eigenvalue weighted by molar-refractivity contribution is 8.76. The molecular formula is C37H49N11O6S2. The van der Waals surface area contributed by atoms with E-state index < -0.39 is 53.7 Å². The Morgan fingerprint density at radius 1 is 0.768 bits per heavy atom. The molecule has 0 aromatic heterocycles. The number of nitrogens with zero attached hydrogens (tertiary/aromatic N) is 2. The first-order valence-electron chi connectivity index (χ1n) is 18.0. The number of fused-ring (bicyclic) bond motifs is 1. The quantitative estimate of drug-likeness (QED) is 0.0427. The number of aliphatic imine (C=N–C) groups is 2. The van der Waals surface area contributed by atoms with Crippen LogP contribution in [0.3, 0.4) is 0 Å². The molecule has 4 rings (SSSR count). The van der Waals surface area contributed by atoms with Crippen molar-refractivity contribution in [3.63, 3.8) is 0 Å². The summed E-state index contributed by atoms with van der Waals surface area (Å²) in [5.41, 5.74) is 23.4. The summed E-state index contributed by atoms with van der Waals surface area (Å²) in [6.07, 6.45) is 0.834. The zero-order valence-corrected chi connectivity index (χ0v) is 32.4. The molecule has 19 heteroatoms. The summed E-state index contributed by atoms with van der Waals surface area (Å²) < 4.78 is 0. The van der Waals surface area contributed by atoms with Gasteiger partial charge in [-0.15, -0.1) is 0 Å². The fourth-order valence-electron chi connectivity index (χ4n) is 5.67. The number of carbonyl (C=O) groups is 5. The van der Waals surface area contributed by atoms with Crippen molar-refractivity contribution in [1.82, 2.24) is 26.6 Å². The highest BCUT2D eigenvalue weighted by atomic mass is 33.1. The van der Waals surface area contributed by atoms with Crippen LogP contribution < -0.4 is 49.5 Å². The van der Waals surface area contributed by atoms with Crippen molar-refractivity contribution in [2.45, 2.75) is 56.3 Å². The molecular weight excluding hydrogens is 759 g/mol. The van der Waals surface area contributed by atoms with Gasteiger partial charge in [0.2, 0.25) is 29.5 Å². The van der Waals surface area contributed by atoms with E-state index in [1.807, 2.05) is 42.5 Å². The van der Waals surface area contributed by atoms with Gasteiger partial charge >= 0.3 is 0 Å². The van der Waals surface area contributed by atoms with Gasteiger partial charge < -0.3 is 54.6 Å². The molecule has 300 valence electrons. The molecule has 56 heavy (non-hydrogen) atoms. The minimum Gasteiger partial charge on any atom is -0.508 e. The number of nitrogens with one attached hydrogen (secondary N) is 5. The van der Waals surface area contributed by atoms with Crippen LogP contribution in [-0.4, -0.2) is 102 Å². The Kier molecular flexibility index (Phi) is 16.9. The normalized spacial score (nSPS) is 19.3. The van der Waals surface area contributed by atoms with Gasteiger partial charge in [-0.05, 0) is 53.3 Å². The minimum absolute atomic E-state index is 0.00204. The summed E-state index contributed by atoms with van der Waals surface area (Å²) in [4.78, 5) is 76.1. The zero-order chi connectivity index (χ0) is 40.5. The molecule has 5 amide bonds. The smallest absolute Gasteiger partial charge is 0.244 e. The lowest BCUT2D eigenvalue weighted by molar-refractivity contribution is -0.134. The van der Waals surface area contributed by atoms with Crippen molar-refractivity contribution in [2.75, 3.05) is 31.1 Å². The number of rotatable bonds is 14. The first-order valence-corrected chi connectivity index (χ1v) is 20.5. The van der Waals surface area contributed by atoms with Gasteiger partial charge in [0, 0.05) is 37.4 Å². The fraction of sp³-hybridized carbons (Fsp3) is 0.378. The maximum atomic E-state index is 14.1. The second-order valence-corrected chi connectivity index (χ2v) is 15.5. The lowest BCUT2D eigenvalue weighted by atomic mass is 10.00. The molecule has 17 nitrogen and oxygen atoms in total. The van der Waals surface area contributed by atoms with Gasteiger partial charge in [-0.25, -0.2) is 0 Å². The predicted molar refractivity (Wildman–Crippen MR) is 220 cm³/mol. The van der Waals surface area contributed by atoms with Crippen molar-refractivity contribution >= 4 is 73.8 Å². The maximum Gasteiger partial charge on any atom is 0.244 e. The van der Waals surface area contributed by atoms with E-state index in [-0.39, 0.29) is 68.1 Å². The van der Waals surface area contributed by atoms with E-state index in [0.29, 0.717) is 12.8 Å². The number of aromatic hydroxyl groups is 1. The number of nitrogens with two attached hydrogens (primary N) is 4. The lowest BCUT2D eigenvalue weighted by Gasteiger charge is -2.27. The second-order valence-electron chi connectivity index (χ2n) is 13.0. The van der Waals surface area contributed by atoms with E-state index in [9.17, 15) is 29.1 Å². The first-order chi connectivity index (χ1) is 26.9. The largest absolute Gasteiger partial charge is 0.508 e. The van der Waals surface area contributed by atoms with Crippen LogP contribution in [0.5, 0.6) is 5.75 Å². The first kappa shape index (κ1) is 43.0. The average Bonchev–Trinajstić information content (AvgIpc) is 3.16. The van der Waals surface area contributed by atoms with Crippen LogP contribution in [0.2, 0.25) is 0 Å². The van der Waals surface area contributed by atoms with Gasteiger partial charge in [-0.1, -0.05) is 76.2 Å². The molecule has 1 fully saturated rings. The Labute approximate surface area is 332 Å². The van der Waals surface area contributed by atoms with Crippen molar-refractivity contribution in [3.05, 3.63) is 77.9 Å². The summed E-state index contributed by atoms with van der Waals surface area (Å²) in [6, 6.07) is 15.6. The predicted octanol–water partition coefficient (Wildman–Crippen LogP) is -0.502. The van der Waals surface area contributed by atoms with Crippen LogP contribution in [0.4, 0.5) is 0 Å². The Morgan fingerprint density at radius 3 is 2.14 bits per heavy atom.